The molecule has 18 heavy (non-hydrogen) atoms. The Morgan fingerprint density at radius 1 is 1.22 bits per heavy atom. The number of hydrogen-bond acceptors (Lipinski definition) is 2. The van der Waals surface area contributed by atoms with Gasteiger partial charge < -0.3 is 10.4 Å². The van der Waals surface area contributed by atoms with Crippen molar-refractivity contribution >= 4 is 21.8 Å². The first-order valence-corrected chi connectivity index (χ1v) is 7.45. The summed E-state index contributed by atoms with van der Waals surface area (Å²) in [6.45, 7) is 0.736. The first-order chi connectivity index (χ1) is 8.72. The molecule has 1 aromatic rings. The van der Waals surface area contributed by atoms with Crippen LogP contribution in [0.15, 0.2) is 24.3 Å². The van der Waals surface area contributed by atoms with Gasteiger partial charge in [-0.2, -0.15) is 0 Å². The lowest BCUT2D eigenvalue weighted by Crippen LogP contribution is -2.26. The van der Waals surface area contributed by atoms with Gasteiger partial charge in [0, 0.05) is 11.9 Å². The van der Waals surface area contributed by atoms with Gasteiger partial charge >= 0.3 is 0 Å². The third-order valence-electron chi connectivity index (χ3n) is 2.66. The van der Waals surface area contributed by atoms with E-state index in [-0.39, 0.29) is 11.7 Å². The highest BCUT2D eigenvalue weighted by Crippen LogP contribution is 2.11. The molecule has 4 heteroatoms. The highest BCUT2D eigenvalue weighted by atomic mass is 79.9. The molecule has 1 aromatic carbocycles. The van der Waals surface area contributed by atoms with Crippen molar-refractivity contribution in [2.24, 2.45) is 0 Å². The number of benzene rings is 1. The first kappa shape index (κ1) is 15.0. The molecule has 2 N–H and O–H groups in total. The molecule has 0 bridgehead atoms. The molecular formula is C14H20BrNO2. The molecule has 0 radical (unpaired) electrons. The summed E-state index contributed by atoms with van der Waals surface area (Å²) in [5.74, 6) is 0.219. The van der Waals surface area contributed by atoms with Crippen LogP contribution in [0.1, 0.15) is 31.2 Å². The molecule has 0 aliphatic rings. The summed E-state index contributed by atoms with van der Waals surface area (Å²) in [7, 11) is 0. The molecule has 0 saturated heterocycles. The summed E-state index contributed by atoms with van der Waals surface area (Å²) in [6, 6.07) is 6.81. The fourth-order valence-corrected chi connectivity index (χ4v) is 2.11. The molecule has 0 aliphatic heterocycles. The van der Waals surface area contributed by atoms with Gasteiger partial charge in [-0.05, 0) is 30.5 Å². The summed E-state index contributed by atoms with van der Waals surface area (Å²) in [5.41, 5.74) is 0.840. The minimum Gasteiger partial charge on any atom is -0.508 e. The van der Waals surface area contributed by atoms with E-state index in [9.17, 15) is 9.90 Å². The third kappa shape index (κ3) is 6.64. The molecule has 3 nitrogen and oxygen atoms in total. The predicted octanol–water partition coefficient (Wildman–Crippen LogP) is 3.01. The number of carbonyl (C=O) groups excluding carboxylic acids is 1. The number of nitrogens with one attached hydrogen (secondary N) is 1. The SMILES string of the molecule is O=C(Cc1cccc(O)c1)NCCCCCCBr. The largest absolute Gasteiger partial charge is 0.508 e. The lowest BCUT2D eigenvalue weighted by molar-refractivity contribution is -0.120. The van der Waals surface area contributed by atoms with Gasteiger partial charge in [0.25, 0.3) is 0 Å². The number of phenols is 1. The number of hydrogen-bond donors (Lipinski definition) is 2. The highest BCUT2D eigenvalue weighted by molar-refractivity contribution is 9.09. The highest BCUT2D eigenvalue weighted by Gasteiger charge is 2.03. The number of amides is 1. The molecule has 0 heterocycles. The fourth-order valence-electron chi connectivity index (χ4n) is 1.72. The summed E-state index contributed by atoms with van der Waals surface area (Å²) in [6.07, 6.45) is 4.90. The van der Waals surface area contributed by atoms with Gasteiger partial charge in [-0.1, -0.05) is 40.9 Å². The van der Waals surface area contributed by atoms with Crippen molar-refractivity contribution in [3.63, 3.8) is 0 Å². The van der Waals surface area contributed by atoms with E-state index in [0.717, 1.165) is 30.3 Å². The molecule has 0 spiro atoms. The maximum Gasteiger partial charge on any atom is 0.224 e. The van der Waals surface area contributed by atoms with Crippen LogP contribution < -0.4 is 5.32 Å². The van der Waals surface area contributed by atoms with Gasteiger partial charge in [-0.25, -0.2) is 0 Å². The molecule has 1 amide bonds. The maximum absolute atomic E-state index is 11.6. The Hall–Kier alpha value is -1.03. The number of halogens is 1. The van der Waals surface area contributed by atoms with Crippen molar-refractivity contribution < 1.29 is 9.90 Å². The van der Waals surface area contributed by atoms with Crippen molar-refractivity contribution in [3.8, 4) is 5.75 Å². The third-order valence-corrected chi connectivity index (χ3v) is 3.22. The zero-order valence-corrected chi connectivity index (χ0v) is 12.1. The number of carbonyl (C=O) groups is 1. The number of alkyl halides is 1. The number of rotatable bonds is 8. The van der Waals surface area contributed by atoms with Crippen LogP contribution in [0.3, 0.4) is 0 Å². The molecule has 0 atom stereocenters. The quantitative estimate of drug-likeness (QED) is 0.572. The first-order valence-electron chi connectivity index (χ1n) is 6.33. The topological polar surface area (TPSA) is 49.3 Å². The molecular weight excluding hydrogens is 294 g/mol. The van der Waals surface area contributed by atoms with Gasteiger partial charge in [0.2, 0.25) is 5.91 Å². The lowest BCUT2D eigenvalue weighted by atomic mass is 10.1. The minimum absolute atomic E-state index is 0.0149. The zero-order chi connectivity index (χ0) is 13.2. The fraction of sp³-hybridized carbons (Fsp3) is 0.500. The van der Waals surface area contributed by atoms with E-state index in [0.29, 0.717) is 6.42 Å². The van der Waals surface area contributed by atoms with Crippen molar-refractivity contribution in [1.29, 1.82) is 0 Å². The Morgan fingerprint density at radius 2 is 2.00 bits per heavy atom. The smallest absolute Gasteiger partial charge is 0.224 e. The lowest BCUT2D eigenvalue weighted by Gasteiger charge is -2.05. The van der Waals surface area contributed by atoms with Crippen LogP contribution in [-0.2, 0) is 11.2 Å². The summed E-state index contributed by atoms with van der Waals surface area (Å²) >= 11 is 3.39. The average molecular weight is 314 g/mol. The Morgan fingerprint density at radius 3 is 2.72 bits per heavy atom. The van der Waals surface area contributed by atoms with Crippen molar-refractivity contribution in [2.45, 2.75) is 32.1 Å². The van der Waals surface area contributed by atoms with Crippen LogP contribution in [0.25, 0.3) is 0 Å². The van der Waals surface area contributed by atoms with E-state index in [2.05, 4.69) is 21.2 Å². The Labute approximate surface area is 117 Å². The molecule has 0 fully saturated rings. The normalized spacial score (nSPS) is 10.3. The van der Waals surface area contributed by atoms with Crippen LogP contribution in [0, 0.1) is 0 Å². The molecule has 0 aliphatic carbocycles. The van der Waals surface area contributed by atoms with Gasteiger partial charge in [0.05, 0.1) is 6.42 Å². The standard InChI is InChI=1S/C14H20BrNO2/c15-8-3-1-2-4-9-16-14(18)11-12-6-5-7-13(17)10-12/h5-7,10,17H,1-4,8-9,11H2,(H,16,18). The van der Waals surface area contributed by atoms with Gasteiger partial charge in [0.1, 0.15) is 5.75 Å². The van der Waals surface area contributed by atoms with Crippen LogP contribution in [-0.4, -0.2) is 22.9 Å². The minimum atomic E-state index is 0.0149. The second-order valence-electron chi connectivity index (χ2n) is 4.30. The summed E-state index contributed by atoms with van der Waals surface area (Å²) in [4.78, 5) is 11.6. The Bertz CT molecular complexity index is 369. The van der Waals surface area contributed by atoms with Gasteiger partial charge in [-0.3, -0.25) is 4.79 Å². The molecule has 0 saturated carbocycles. The second kappa shape index (κ2) is 8.97. The number of phenolic OH excluding ortho intramolecular Hbond substituents is 1. The van der Waals surface area contributed by atoms with E-state index in [1.807, 2.05) is 6.07 Å². The van der Waals surface area contributed by atoms with Crippen molar-refractivity contribution in [3.05, 3.63) is 29.8 Å². The van der Waals surface area contributed by atoms with E-state index < -0.39 is 0 Å². The predicted molar refractivity (Wildman–Crippen MR) is 77.1 cm³/mol. The average Bonchev–Trinajstić information content (AvgIpc) is 2.33. The van der Waals surface area contributed by atoms with Crippen molar-refractivity contribution in [2.75, 3.05) is 11.9 Å². The maximum atomic E-state index is 11.6. The summed E-state index contributed by atoms with van der Waals surface area (Å²) < 4.78 is 0. The second-order valence-corrected chi connectivity index (χ2v) is 5.09. The van der Waals surface area contributed by atoms with Gasteiger partial charge in [0.15, 0.2) is 0 Å². The molecule has 0 aromatic heterocycles. The summed E-state index contributed by atoms with van der Waals surface area (Å²) in [5, 5.41) is 13.2. The number of unbranched alkanes of at least 4 members (excludes halogenated alkanes) is 3. The zero-order valence-electron chi connectivity index (χ0n) is 10.5. The van der Waals surface area contributed by atoms with E-state index >= 15 is 0 Å². The van der Waals surface area contributed by atoms with Crippen LogP contribution >= 0.6 is 15.9 Å². The van der Waals surface area contributed by atoms with E-state index in [4.69, 9.17) is 0 Å². The molecule has 1 rings (SSSR count). The molecule has 100 valence electrons. The van der Waals surface area contributed by atoms with Crippen LogP contribution in [0.2, 0.25) is 0 Å². The van der Waals surface area contributed by atoms with Crippen LogP contribution in [0.5, 0.6) is 5.75 Å². The molecule has 0 unspecified atom stereocenters. The van der Waals surface area contributed by atoms with Crippen LogP contribution in [0.4, 0.5) is 0 Å². The van der Waals surface area contributed by atoms with Crippen molar-refractivity contribution in [1.82, 2.24) is 5.32 Å². The number of aromatic hydroxyl groups is 1. The van der Waals surface area contributed by atoms with E-state index in [1.54, 1.807) is 18.2 Å². The Kier molecular flexibility index (Phi) is 7.49. The monoisotopic (exact) mass is 313 g/mol. The van der Waals surface area contributed by atoms with E-state index in [1.165, 1.54) is 12.8 Å². The van der Waals surface area contributed by atoms with Gasteiger partial charge in [-0.15, -0.1) is 0 Å². The Balaban J connectivity index is 2.14.